The lowest BCUT2D eigenvalue weighted by atomic mass is 10.2. The van der Waals surface area contributed by atoms with Gasteiger partial charge >= 0.3 is 0 Å². The van der Waals surface area contributed by atoms with E-state index >= 15 is 0 Å². The summed E-state index contributed by atoms with van der Waals surface area (Å²) in [6.07, 6.45) is 1.16. The van der Waals surface area contributed by atoms with E-state index < -0.39 is 16.1 Å². The number of nitrogens with one attached hydrogen (secondary N) is 1. The highest BCUT2D eigenvalue weighted by molar-refractivity contribution is 7.89. The Morgan fingerprint density at radius 1 is 1.08 bits per heavy atom. The molecule has 1 aliphatic heterocycles. The molecule has 0 unspecified atom stereocenters. The Morgan fingerprint density at radius 2 is 1.75 bits per heavy atom. The lowest BCUT2D eigenvalue weighted by Gasteiger charge is -2.23. The van der Waals surface area contributed by atoms with E-state index in [1.165, 1.54) is 28.6 Å². The first-order valence-electron chi connectivity index (χ1n) is 7.62. The van der Waals surface area contributed by atoms with Gasteiger partial charge in [-0.15, -0.1) is 0 Å². The number of rotatable bonds is 4. The molecule has 1 aliphatic rings. The summed E-state index contributed by atoms with van der Waals surface area (Å²) >= 11 is 5.82. The zero-order chi connectivity index (χ0) is 17.2. The number of para-hydroxylation sites is 1. The third kappa shape index (κ3) is 3.45. The van der Waals surface area contributed by atoms with Gasteiger partial charge in [-0.3, -0.25) is 4.79 Å². The fourth-order valence-corrected chi connectivity index (χ4v) is 4.56. The van der Waals surface area contributed by atoms with Crippen molar-refractivity contribution in [1.29, 1.82) is 0 Å². The number of halogens is 1. The summed E-state index contributed by atoms with van der Waals surface area (Å²) in [5.41, 5.74) is 0.651. The summed E-state index contributed by atoms with van der Waals surface area (Å²) in [7, 11) is -3.73. The fourth-order valence-electron chi connectivity index (χ4n) is 2.78. The Hall–Kier alpha value is -1.89. The smallest absolute Gasteiger partial charge is 0.243 e. The normalized spacial score (nSPS) is 18.5. The van der Waals surface area contributed by atoms with Crippen LogP contribution in [0, 0.1) is 0 Å². The molecular weight excluding hydrogens is 348 g/mol. The van der Waals surface area contributed by atoms with Gasteiger partial charge in [0.05, 0.1) is 4.90 Å². The molecule has 1 atom stereocenters. The fraction of sp³-hybridized carbons (Fsp3) is 0.235. The predicted molar refractivity (Wildman–Crippen MR) is 93.4 cm³/mol. The van der Waals surface area contributed by atoms with Crippen LogP contribution < -0.4 is 5.32 Å². The van der Waals surface area contributed by atoms with Crippen molar-refractivity contribution >= 4 is 33.2 Å². The summed E-state index contributed by atoms with van der Waals surface area (Å²) in [6, 6.07) is 14.3. The molecule has 0 bridgehead atoms. The molecular formula is C17H17ClN2O3S. The predicted octanol–water partition coefficient (Wildman–Crippen LogP) is 3.13. The van der Waals surface area contributed by atoms with Crippen molar-refractivity contribution in [3.63, 3.8) is 0 Å². The molecule has 0 radical (unpaired) electrons. The number of amides is 1. The average Bonchev–Trinajstić information content (AvgIpc) is 3.07. The molecule has 0 aromatic heterocycles. The maximum absolute atomic E-state index is 12.8. The van der Waals surface area contributed by atoms with Gasteiger partial charge in [-0.25, -0.2) is 8.42 Å². The van der Waals surface area contributed by atoms with Crippen molar-refractivity contribution in [3.05, 3.63) is 59.6 Å². The van der Waals surface area contributed by atoms with Gasteiger partial charge < -0.3 is 5.32 Å². The van der Waals surface area contributed by atoms with E-state index in [-0.39, 0.29) is 10.8 Å². The third-order valence-corrected chi connectivity index (χ3v) is 6.14. The number of carbonyl (C=O) groups excluding carboxylic acids is 1. The average molecular weight is 365 g/mol. The van der Waals surface area contributed by atoms with E-state index in [2.05, 4.69) is 5.32 Å². The van der Waals surface area contributed by atoms with Crippen LogP contribution in [0.15, 0.2) is 59.5 Å². The second-order valence-corrected chi connectivity index (χ2v) is 7.91. The Labute approximate surface area is 146 Å². The molecule has 1 amide bonds. The van der Waals surface area contributed by atoms with Gasteiger partial charge in [-0.05, 0) is 49.2 Å². The number of hydrogen-bond acceptors (Lipinski definition) is 3. The molecule has 0 saturated carbocycles. The molecule has 3 rings (SSSR count). The molecule has 0 aliphatic carbocycles. The van der Waals surface area contributed by atoms with Crippen LogP contribution in [-0.4, -0.2) is 31.2 Å². The van der Waals surface area contributed by atoms with Gasteiger partial charge in [0.15, 0.2) is 0 Å². The highest BCUT2D eigenvalue weighted by atomic mass is 35.5. The van der Waals surface area contributed by atoms with Crippen LogP contribution >= 0.6 is 11.6 Å². The van der Waals surface area contributed by atoms with Gasteiger partial charge in [0, 0.05) is 17.3 Å². The molecule has 2 aromatic rings. The Kier molecular flexibility index (Phi) is 4.89. The third-order valence-electron chi connectivity index (χ3n) is 3.97. The number of sulfonamides is 1. The number of carbonyl (C=O) groups is 1. The van der Waals surface area contributed by atoms with Gasteiger partial charge in [0.25, 0.3) is 0 Å². The first-order chi connectivity index (χ1) is 11.5. The monoisotopic (exact) mass is 364 g/mol. The van der Waals surface area contributed by atoms with Crippen LogP contribution in [0.5, 0.6) is 0 Å². The highest BCUT2D eigenvalue weighted by Gasteiger charge is 2.39. The van der Waals surface area contributed by atoms with E-state index in [0.29, 0.717) is 30.1 Å². The van der Waals surface area contributed by atoms with Crippen molar-refractivity contribution < 1.29 is 13.2 Å². The molecule has 126 valence electrons. The van der Waals surface area contributed by atoms with Crippen LogP contribution in [0.2, 0.25) is 5.02 Å². The van der Waals surface area contributed by atoms with Gasteiger partial charge in [0.2, 0.25) is 15.9 Å². The van der Waals surface area contributed by atoms with Gasteiger partial charge in [0.1, 0.15) is 6.04 Å². The van der Waals surface area contributed by atoms with Crippen molar-refractivity contribution in [3.8, 4) is 0 Å². The van der Waals surface area contributed by atoms with E-state index in [0.717, 1.165) is 0 Å². The maximum atomic E-state index is 12.8. The zero-order valence-electron chi connectivity index (χ0n) is 12.9. The number of benzene rings is 2. The van der Waals surface area contributed by atoms with Crippen LogP contribution in [0.4, 0.5) is 5.69 Å². The number of nitrogens with zero attached hydrogens (tertiary/aromatic N) is 1. The number of hydrogen-bond donors (Lipinski definition) is 1. The minimum absolute atomic E-state index is 0.145. The Bertz CT molecular complexity index is 823. The lowest BCUT2D eigenvalue weighted by Crippen LogP contribution is -2.43. The largest absolute Gasteiger partial charge is 0.325 e. The van der Waals surface area contributed by atoms with E-state index in [4.69, 9.17) is 11.6 Å². The number of anilines is 1. The van der Waals surface area contributed by atoms with Crippen LogP contribution in [-0.2, 0) is 14.8 Å². The SMILES string of the molecule is O=C(Nc1ccccc1)[C@H]1CCCN1S(=O)(=O)c1ccc(Cl)cc1. The zero-order valence-corrected chi connectivity index (χ0v) is 14.4. The molecule has 24 heavy (non-hydrogen) atoms. The summed E-state index contributed by atoms with van der Waals surface area (Å²) < 4.78 is 26.9. The Balaban J connectivity index is 1.82. The molecule has 1 heterocycles. The van der Waals surface area contributed by atoms with E-state index in [1.54, 1.807) is 12.1 Å². The summed E-state index contributed by atoms with van der Waals surface area (Å²) in [5.74, 6) is -0.309. The van der Waals surface area contributed by atoms with Crippen LogP contribution in [0.25, 0.3) is 0 Å². The summed E-state index contributed by atoms with van der Waals surface area (Å²) in [4.78, 5) is 12.7. The first-order valence-corrected chi connectivity index (χ1v) is 9.43. The standard InChI is InChI=1S/C17H17ClN2O3S/c18-13-8-10-15(11-9-13)24(22,23)20-12-4-7-16(20)17(21)19-14-5-2-1-3-6-14/h1-3,5-6,8-11,16H,4,7,12H2,(H,19,21)/t16-/m1/s1. The molecule has 5 nitrogen and oxygen atoms in total. The van der Waals surface area contributed by atoms with Crippen LogP contribution in [0.3, 0.4) is 0 Å². The van der Waals surface area contributed by atoms with E-state index in [1.807, 2.05) is 18.2 Å². The topological polar surface area (TPSA) is 66.5 Å². The maximum Gasteiger partial charge on any atom is 0.243 e. The lowest BCUT2D eigenvalue weighted by molar-refractivity contribution is -0.119. The minimum Gasteiger partial charge on any atom is -0.325 e. The second-order valence-electron chi connectivity index (χ2n) is 5.58. The quantitative estimate of drug-likeness (QED) is 0.906. The van der Waals surface area contributed by atoms with Crippen molar-refractivity contribution in [2.75, 3.05) is 11.9 Å². The summed E-state index contributed by atoms with van der Waals surface area (Å²) in [5, 5.41) is 3.25. The van der Waals surface area contributed by atoms with Crippen LogP contribution in [0.1, 0.15) is 12.8 Å². The van der Waals surface area contributed by atoms with Gasteiger partial charge in [-0.2, -0.15) is 4.31 Å². The molecule has 0 spiro atoms. The minimum atomic E-state index is -3.73. The molecule has 1 fully saturated rings. The summed E-state index contributed by atoms with van der Waals surface area (Å²) in [6.45, 7) is 0.331. The van der Waals surface area contributed by atoms with Crippen molar-refractivity contribution in [2.45, 2.75) is 23.8 Å². The van der Waals surface area contributed by atoms with Crippen molar-refractivity contribution in [2.24, 2.45) is 0 Å². The van der Waals surface area contributed by atoms with E-state index in [9.17, 15) is 13.2 Å². The highest BCUT2D eigenvalue weighted by Crippen LogP contribution is 2.27. The van der Waals surface area contributed by atoms with Gasteiger partial charge in [-0.1, -0.05) is 29.8 Å². The first kappa shape index (κ1) is 17.0. The second kappa shape index (κ2) is 6.93. The Morgan fingerprint density at radius 3 is 2.42 bits per heavy atom. The molecule has 1 saturated heterocycles. The molecule has 1 N–H and O–H groups in total. The van der Waals surface area contributed by atoms with Crippen molar-refractivity contribution in [1.82, 2.24) is 4.31 Å². The molecule has 7 heteroatoms. The molecule has 2 aromatic carbocycles.